The summed E-state index contributed by atoms with van der Waals surface area (Å²) in [5, 5.41) is 12.4. The Morgan fingerprint density at radius 3 is 2.75 bits per heavy atom. The zero-order valence-electron chi connectivity index (χ0n) is 12.3. The molecule has 2 N–H and O–H groups in total. The van der Waals surface area contributed by atoms with Gasteiger partial charge in [-0.1, -0.05) is 6.92 Å². The SMILES string of the molecule is CCCN(Cc1cc(C)c(C(=O)O)o1)C1CCNCC1. The molecule has 0 amide bonds. The third-order valence-electron chi connectivity index (χ3n) is 3.86. The normalized spacial score (nSPS) is 16.8. The van der Waals surface area contributed by atoms with E-state index in [1.54, 1.807) is 6.92 Å². The maximum atomic E-state index is 11.0. The molecule has 1 fully saturated rings. The van der Waals surface area contributed by atoms with Crippen LogP contribution in [-0.2, 0) is 6.54 Å². The van der Waals surface area contributed by atoms with Crippen LogP contribution < -0.4 is 5.32 Å². The van der Waals surface area contributed by atoms with Crippen LogP contribution >= 0.6 is 0 Å². The number of hydrogen-bond acceptors (Lipinski definition) is 4. The highest BCUT2D eigenvalue weighted by molar-refractivity contribution is 5.86. The highest BCUT2D eigenvalue weighted by Gasteiger charge is 2.22. The van der Waals surface area contributed by atoms with Crippen LogP contribution in [0.1, 0.15) is 48.1 Å². The first kappa shape index (κ1) is 15.1. The second kappa shape index (κ2) is 6.90. The monoisotopic (exact) mass is 280 g/mol. The predicted molar refractivity (Wildman–Crippen MR) is 77.0 cm³/mol. The Balaban J connectivity index is 2.07. The largest absolute Gasteiger partial charge is 0.475 e. The van der Waals surface area contributed by atoms with Crippen molar-refractivity contribution in [2.24, 2.45) is 0 Å². The zero-order chi connectivity index (χ0) is 14.5. The summed E-state index contributed by atoms with van der Waals surface area (Å²) in [7, 11) is 0. The maximum absolute atomic E-state index is 11.0. The van der Waals surface area contributed by atoms with E-state index < -0.39 is 5.97 Å². The third-order valence-corrected chi connectivity index (χ3v) is 3.86. The van der Waals surface area contributed by atoms with Crippen molar-refractivity contribution in [2.45, 2.75) is 45.7 Å². The van der Waals surface area contributed by atoms with Crippen molar-refractivity contribution in [2.75, 3.05) is 19.6 Å². The topological polar surface area (TPSA) is 65.7 Å². The molecule has 0 aliphatic carbocycles. The molecule has 0 saturated carbocycles. The van der Waals surface area contributed by atoms with E-state index in [2.05, 4.69) is 17.1 Å². The van der Waals surface area contributed by atoms with Crippen LogP contribution in [0.5, 0.6) is 0 Å². The van der Waals surface area contributed by atoms with Gasteiger partial charge in [0.2, 0.25) is 5.76 Å². The van der Waals surface area contributed by atoms with Crippen molar-refractivity contribution in [3.05, 3.63) is 23.2 Å². The van der Waals surface area contributed by atoms with Gasteiger partial charge in [-0.05, 0) is 51.9 Å². The van der Waals surface area contributed by atoms with Crippen molar-refractivity contribution in [1.82, 2.24) is 10.2 Å². The van der Waals surface area contributed by atoms with E-state index in [0.29, 0.717) is 18.2 Å². The Kier molecular flexibility index (Phi) is 5.20. The Morgan fingerprint density at radius 1 is 1.50 bits per heavy atom. The highest BCUT2D eigenvalue weighted by atomic mass is 16.4. The Labute approximate surface area is 119 Å². The fourth-order valence-electron chi connectivity index (χ4n) is 2.89. The van der Waals surface area contributed by atoms with Crippen LogP contribution in [0.25, 0.3) is 0 Å². The Bertz CT molecular complexity index is 450. The molecule has 0 spiro atoms. The number of nitrogens with zero attached hydrogens (tertiary/aromatic N) is 1. The molecule has 1 saturated heterocycles. The number of carbonyl (C=O) groups is 1. The van der Waals surface area contributed by atoms with E-state index in [0.717, 1.165) is 44.7 Å². The fourth-order valence-corrected chi connectivity index (χ4v) is 2.89. The molecule has 2 rings (SSSR count). The van der Waals surface area contributed by atoms with E-state index in [4.69, 9.17) is 9.52 Å². The average Bonchev–Trinajstić information content (AvgIpc) is 2.80. The maximum Gasteiger partial charge on any atom is 0.372 e. The minimum Gasteiger partial charge on any atom is -0.475 e. The molecule has 5 nitrogen and oxygen atoms in total. The van der Waals surface area contributed by atoms with Gasteiger partial charge in [0.1, 0.15) is 5.76 Å². The van der Waals surface area contributed by atoms with Gasteiger partial charge in [0.15, 0.2) is 0 Å². The van der Waals surface area contributed by atoms with Crippen LogP contribution in [0.2, 0.25) is 0 Å². The summed E-state index contributed by atoms with van der Waals surface area (Å²) in [6, 6.07) is 2.42. The zero-order valence-corrected chi connectivity index (χ0v) is 12.3. The third kappa shape index (κ3) is 3.61. The molecule has 1 aromatic rings. The lowest BCUT2D eigenvalue weighted by Gasteiger charge is -2.33. The highest BCUT2D eigenvalue weighted by Crippen LogP contribution is 2.20. The minimum absolute atomic E-state index is 0.0711. The van der Waals surface area contributed by atoms with E-state index in [1.807, 2.05) is 6.07 Å². The van der Waals surface area contributed by atoms with Crippen LogP contribution in [0, 0.1) is 6.92 Å². The quantitative estimate of drug-likeness (QED) is 0.836. The van der Waals surface area contributed by atoms with Gasteiger partial charge in [-0.2, -0.15) is 0 Å². The predicted octanol–water partition coefficient (Wildman–Crippen LogP) is 2.25. The standard InChI is InChI=1S/C15H24N2O3/c1-3-8-17(12-4-6-16-7-5-12)10-13-9-11(2)14(20-13)15(18)19/h9,12,16H,3-8,10H2,1-2H3,(H,18,19). The Morgan fingerprint density at radius 2 is 2.20 bits per heavy atom. The number of aryl methyl sites for hydroxylation is 1. The smallest absolute Gasteiger partial charge is 0.372 e. The first-order valence-corrected chi connectivity index (χ1v) is 7.39. The second-order valence-electron chi connectivity index (χ2n) is 5.48. The number of carboxylic acids is 1. The summed E-state index contributed by atoms with van der Waals surface area (Å²) in [6.07, 6.45) is 3.38. The molecule has 20 heavy (non-hydrogen) atoms. The molecular formula is C15H24N2O3. The van der Waals surface area contributed by atoms with Crippen LogP contribution in [0.4, 0.5) is 0 Å². The fraction of sp³-hybridized carbons (Fsp3) is 0.667. The number of aromatic carboxylic acids is 1. The molecule has 1 aliphatic rings. The summed E-state index contributed by atoms with van der Waals surface area (Å²) < 4.78 is 5.49. The number of furan rings is 1. The van der Waals surface area contributed by atoms with Crippen LogP contribution in [0.3, 0.4) is 0 Å². The molecule has 0 radical (unpaired) electrons. The summed E-state index contributed by atoms with van der Waals surface area (Å²) >= 11 is 0. The van der Waals surface area contributed by atoms with Gasteiger partial charge in [0.25, 0.3) is 0 Å². The van der Waals surface area contributed by atoms with Crippen molar-refractivity contribution < 1.29 is 14.3 Å². The van der Waals surface area contributed by atoms with Crippen molar-refractivity contribution in [3.63, 3.8) is 0 Å². The molecule has 1 aromatic heterocycles. The van der Waals surface area contributed by atoms with E-state index in [1.165, 1.54) is 0 Å². The van der Waals surface area contributed by atoms with Crippen molar-refractivity contribution >= 4 is 5.97 Å². The molecule has 5 heteroatoms. The molecule has 112 valence electrons. The number of carboxylic acid groups (broad SMARTS) is 1. The van der Waals surface area contributed by atoms with E-state index >= 15 is 0 Å². The van der Waals surface area contributed by atoms with E-state index in [-0.39, 0.29) is 5.76 Å². The van der Waals surface area contributed by atoms with Gasteiger partial charge in [-0.15, -0.1) is 0 Å². The second-order valence-corrected chi connectivity index (χ2v) is 5.48. The van der Waals surface area contributed by atoms with Gasteiger partial charge in [0, 0.05) is 11.6 Å². The molecular weight excluding hydrogens is 256 g/mol. The molecule has 0 unspecified atom stereocenters. The van der Waals surface area contributed by atoms with E-state index in [9.17, 15) is 4.79 Å². The number of hydrogen-bond donors (Lipinski definition) is 2. The first-order valence-electron chi connectivity index (χ1n) is 7.39. The first-order chi connectivity index (χ1) is 9.61. The lowest BCUT2D eigenvalue weighted by atomic mass is 10.0. The lowest BCUT2D eigenvalue weighted by Crippen LogP contribution is -2.43. The van der Waals surface area contributed by atoms with Crippen molar-refractivity contribution in [3.8, 4) is 0 Å². The van der Waals surface area contributed by atoms with Crippen molar-refractivity contribution in [1.29, 1.82) is 0 Å². The number of nitrogens with one attached hydrogen (secondary N) is 1. The van der Waals surface area contributed by atoms with Gasteiger partial charge in [-0.3, -0.25) is 4.90 Å². The van der Waals surface area contributed by atoms with Crippen LogP contribution in [-0.4, -0.2) is 41.7 Å². The average molecular weight is 280 g/mol. The summed E-state index contributed by atoms with van der Waals surface area (Å²) in [6.45, 7) is 7.79. The summed E-state index contributed by atoms with van der Waals surface area (Å²) in [5.41, 5.74) is 0.703. The Hall–Kier alpha value is -1.33. The molecule has 2 heterocycles. The summed E-state index contributed by atoms with van der Waals surface area (Å²) in [4.78, 5) is 13.5. The van der Waals surface area contributed by atoms with Gasteiger partial charge in [0.05, 0.1) is 6.54 Å². The molecule has 0 atom stereocenters. The van der Waals surface area contributed by atoms with Gasteiger partial charge < -0.3 is 14.8 Å². The van der Waals surface area contributed by atoms with Gasteiger partial charge in [-0.25, -0.2) is 4.79 Å². The summed E-state index contributed by atoms with van der Waals surface area (Å²) in [5.74, 6) is -0.161. The van der Waals surface area contributed by atoms with Crippen LogP contribution in [0.15, 0.2) is 10.5 Å². The number of piperidine rings is 1. The molecule has 0 aromatic carbocycles. The van der Waals surface area contributed by atoms with Gasteiger partial charge >= 0.3 is 5.97 Å². The minimum atomic E-state index is -0.988. The molecule has 0 bridgehead atoms. The number of rotatable bonds is 6. The lowest BCUT2D eigenvalue weighted by molar-refractivity contribution is 0.0655. The molecule has 1 aliphatic heterocycles.